The Morgan fingerprint density at radius 3 is 2.93 bits per heavy atom. The number of hydrogen-bond acceptors (Lipinski definition) is 4. The van der Waals surface area contributed by atoms with Crippen LogP contribution in [0, 0.1) is 6.92 Å². The van der Waals surface area contributed by atoms with Crippen LogP contribution < -0.4 is 5.73 Å². The number of likely N-dealkylation sites (N-methyl/N-ethyl adjacent to an activating group) is 1. The molecule has 2 heterocycles. The Kier molecular flexibility index (Phi) is 2.98. The van der Waals surface area contributed by atoms with Crippen LogP contribution in [0.4, 0.5) is 0 Å². The van der Waals surface area contributed by atoms with Crippen molar-refractivity contribution >= 4 is 0 Å². The molecule has 0 amide bonds. The fourth-order valence-electron chi connectivity index (χ4n) is 2.10. The van der Waals surface area contributed by atoms with Crippen LogP contribution >= 0.6 is 0 Å². The average molecular weight is 206 g/mol. The molecule has 0 spiro atoms. The molecule has 0 saturated heterocycles. The van der Waals surface area contributed by atoms with Crippen LogP contribution in [0.15, 0.2) is 0 Å². The number of hydrogen-bond donors (Lipinski definition) is 1. The lowest BCUT2D eigenvalue weighted by molar-refractivity contribution is 0.307. The van der Waals surface area contributed by atoms with Gasteiger partial charge in [0, 0.05) is 31.5 Å². The zero-order chi connectivity index (χ0) is 10.8. The van der Waals surface area contributed by atoms with Gasteiger partial charge in [-0.3, -0.25) is 0 Å². The summed E-state index contributed by atoms with van der Waals surface area (Å²) in [7, 11) is 2.13. The van der Waals surface area contributed by atoms with Crippen molar-refractivity contribution in [3.63, 3.8) is 0 Å². The van der Waals surface area contributed by atoms with Gasteiger partial charge < -0.3 is 10.6 Å². The number of nitrogens with zero attached hydrogens (tertiary/aromatic N) is 3. The van der Waals surface area contributed by atoms with Crippen molar-refractivity contribution in [2.75, 3.05) is 20.1 Å². The molecule has 1 aromatic heterocycles. The lowest BCUT2D eigenvalue weighted by Crippen LogP contribution is -2.29. The van der Waals surface area contributed by atoms with Gasteiger partial charge in [0.2, 0.25) is 0 Å². The molecule has 0 radical (unpaired) electrons. The maximum Gasteiger partial charge on any atom is 0.125 e. The van der Waals surface area contributed by atoms with Crippen LogP contribution in [-0.4, -0.2) is 35.0 Å². The summed E-state index contributed by atoms with van der Waals surface area (Å²) in [5.41, 5.74) is 9.28. The van der Waals surface area contributed by atoms with Gasteiger partial charge in [-0.15, -0.1) is 0 Å². The predicted molar refractivity (Wildman–Crippen MR) is 59.6 cm³/mol. The van der Waals surface area contributed by atoms with Crippen molar-refractivity contribution in [1.82, 2.24) is 14.9 Å². The zero-order valence-corrected chi connectivity index (χ0v) is 9.45. The predicted octanol–water partition coefficient (Wildman–Crippen LogP) is 0.274. The maximum atomic E-state index is 5.60. The van der Waals surface area contributed by atoms with E-state index in [0.29, 0.717) is 6.54 Å². The topological polar surface area (TPSA) is 55.0 Å². The summed E-state index contributed by atoms with van der Waals surface area (Å²) in [4.78, 5) is 11.3. The lowest BCUT2D eigenvalue weighted by atomic mass is 10.0. The van der Waals surface area contributed by atoms with Crippen LogP contribution in [-0.2, 0) is 19.4 Å². The highest BCUT2D eigenvalue weighted by Crippen LogP contribution is 2.19. The van der Waals surface area contributed by atoms with Gasteiger partial charge in [-0.2, -0.15) is 0 Å². The summed E-state index contributed by atoms with van der Waals surface area (Å²) in [5.74, 6) is 0.877. The summed E-state index contributed by atoms with van der Waals surface area (Å²) >= 11 is 0. The summed E-state index contributed by atoms with van der Waals surface area (Å²) in [6, 6.07) is 0. The first-order chi connectivity index (χ1) is 7.20. The molecule has 2 rings (SSSR count). The summed E-state index contributed by atoms with van der Waals surface area (Å²) < 4.78 is 0. The smallest absolute Gasteiger partial charge is 0.125 e. The number of rotatable bonds is 2. The standard InChI is InChI=1S/C11H18N4/c1-8-13-10(3-5-12)9-7-15(2)6-4-11(9)14-8/h3-7,12H2,1-2H3. The minimum absolute atomic E-state index is 0.659. The van der Waals surface area contributed by atoms with Gasteiger partial charge in [0.15, 0.2) is 0 Å². The van der Waals surface area contributed by atoms with E-state index in [1.807, 2.05) is 6.92 Å². The Bertz CT molecular complexity index is 362. The van der Waals surface area contributed by atoms with E-state index in [1.54, 1.807) is 0 Å². The van der Waals surface area contributed by atoms with Gasteiger partial charge >= 0.3 is 0 Å². The molecule has 4 heteroatoms. The van der Waals surface area contributed by atoms with Crippen LogP contribution in [0.3, 0.4) is 0 Å². The quantitative estimate of drug-likeness (QED) is 0.755. The van der Waals surface area contributed by atoms with Gasteiger partial charge in [-0.1, -0.05) is 0 Å². The van der Waals surface area contributed by atoms with E-state index in [-0.39, 0.29) is 0 Å². The van der Waals surface area contributed by atoms with Gasteiger partial charge in [-0.05, 0) is 20.5 Å². The Morgan fingerprint density at radius 1 is 1.40 bits per heavy atom. The second-order valence-corrected chi connectivity index (χ2v) is 4.17. The van der Waals surface area contributed by atoms with Crippen molar-refractivity contribution in [1.29, 1.82) is 0 Å². The Morgan fingerprint density at radius 2 is 2.20 bits per heavy atom. The zero-order valence-electron chi connectivity index (χ0n) is 9.45. The van der Waals surface area contributed by atoms with Crippen LogP contribution in [0.25, 0.3) is 0 Å². The van der Waals surface area contributed by atoms with E-state index in [9.17, 15) is 0 Å². The van der Waals surface area contributed by atoms with Gasteiger partial charge in [0.25, 0.3) is 0 Å². The molecule has 0 aromatic carbocycles. The molecule has 0 saturated carbocycles. The first kappa shape index (κ1) is 10.5. The fraction of sp³-hybridized carbons (Fsp3) is 0.636. The van der Waals surface area contributed by atoms with E-state index < -0.39 is 0 Å². The average Bonchev–Trinajstić information content (AvgIpc) is 2.19. The molecular weight excluding hydrogens is 188 g/mol. The third-order valence-electron chi connectivity index (χ3n) is 2.83. The monoisotopic (exact) mass is 206 g/mol. The van der Waals surface area contributed by atoms with Gasteiger partial charge in [0.05, 0.1) is 11.4 Å². The second-order valence-electron chi connectivity index (χ2n) is 4.17. The summed E-state index contributed by atoms with van der Waals surface area (Å²) in [6.45, 7) is 4.67. The maximum absolute atomic E-state index is 5.60. The fourth-order valence-corrected chi connectivity index (χ4v) is 2.10. The van der Waals surface area contributed by atoms with Gasteiger partial charge in [0.1, 0.15) is 5.82 Å². The van der Waals surface area contributed by atoms with Crippen LogP contribution in [0.5, 0.6) is 0 Å². The van der Waals surface area contributed by atoms with Crippen molar-refractivity contribution in [2.24, 2.45) is 5.73 Å². The molecule has 1 aliphatic rings. The first-order valence-corrected chi connectivity index (χ1v) is 5.44. The molecule has 2 N–H and O–H groups in total. The molecule has 0 fully saturated rings. The number of nitrogens with two attached hydrogens (primary N) is 1. The van der Waals surface area contributed by atoms with Crippen LogP contribution in [0.1, 0.15) is 22.8 Å². The Labute approximate surface area is 90.5 Å². The SMILES string of the molecule is Cc1nc(CCN)c2c(n1)CCN(C)C2. The van der Waals surface area contributed by atoms with E-state index in [4.69, 9.17) is 5.73 Å². The number of aromatic nitrogens is 2. The lowest BCUT2D eigenvalue weighted by Gasteiger charge is -2.26. The van der Waals surface area contributed by atoms with Crippen molar-refractivity contribution in [3.8, 4) is 0 Å². The van der Waals surface area contributed by atoms with E-state index in [0.717, 1.165) is 37.4 Å². The largest absolute Gasteiger partial charge is 0.330 e. The van der Waals surface area contributed by atoms with Crippen molar-refractivity contribution in [3.05, 3.63) is 22.8 Å². The van der Waals surface area contributed by atoms with Crippen molar-refractivity contribution < 1.29 is 0 Å². The highest BCUT2D eigenvalue weighted by atomic mass is 15.1. The van der Waals surface area contributed by atoms with E-state index in [2.05, 4.69) is 21.9 Å². The molecule has 4 nitrogen and oxygen atoms in total. The van der Waals surface area contributed by atoms with E-state index >= 15 is 0 Å². The number of aryl methyl sites for hydroxylation is 1. The third kappa shape index (κ3) is 2.16. The third-order valence-corrected chi connectivity index (χ3v) is 2.83. The van der Waals surface area contributed by atoms with Crippen LogP contribution in [0.2, 0.25) is 0 Å². The first-order valence-electron chi connectivity index (χ1n) is 5.44. The Balaban J connectivity index is 2.40. The molecule has 0 aliphatic carbocycles. The highest BCUT2D eigenvalue weighted by Gasteiger charge is 2.18. The van der Waals surface area contributed by atoms with Gasteiger partial charge in [-0.25, -0.2) is 9.97 Å². The molecule has 0 unspecified atom stereocenters. The second kappa shape index (κ2) is 4.24. The molecular formula is C11H18N4. The van der Waals surface area contributed by atoms with E-state index in [1.165, 1.54) is 11.3 Å². The van der Waals surface area contributed by atoms with Crippen molar-refractivity contribution in [2.45, 2.75) is 26.3 Å². The Hall–Kier alpha value is -1.00. The minimum atomic E-state index is 0.659. The molecule has 0 atom stereocenters. The minimum Gasteiger partial charge on any atom is -0.330 e. The highest BCUT2D eigenvalue weighted by molar-refractivity contribution is 5.28. The molecule has 1 aliphatic heterocycles. The molecule has 82 valence electrons. The summed E-state index contributed by atoms with van der Waals surface area (Å²) in [6.07, 6.45) is 1.90. The molecule has 1 aromatic rings. The summed E-state index contributed by atoms with van der Waals surface area (Å²) in [5, 5.41) is 0. The number of fused-ring (bicyclic) bond motifs is 1. The molecule has 0 bridgehead atoms. The molecule has 15 heavy (non-hydrogen) atoms. The normalized spacial score (nSPS) is 16.5.